The average molecular weight is 284 g/mol. The molecule has 1 aromatic heterocycles. The predicted octanol–water partition coefficient (Wildman–Crippen LogP) is 1.98. The van der Waals surface area contributed by atoms with Crippen LogP contribution in [0.1, 0.15) is 11.9 Å². The standard InChI is InChI=1S/C11H14BrN3O/c1-15-10-4-3-7(12)5-9(10)14-11(15)8(13)6-16-2/h3-5,8H,6,13H2,1-2H3. The molecular weight excluding hydrogens is 270 g/mol. The van der Waals surface area contributed by atoms with Crippen LogP contribution in [-0.2, 0) is 11.8 Å². The monoisotopic (exact) mass is 283 g/mol. The quantitative estimate of drug-likeness (QED) is 0.937. The summed E-state index contributed by atoms with van der Waals surface area (Å²) in [6, 6.07) is 5.81. The SMILES string of the molecule is COCC(N)c1nc2cc(Br)ccc2n1C. The first-order chi connectivity index (χ1) is 7.63. The van der Waals surface area contributed by atoms with Gasteiger partial charge in [0.25, 0.3) is 0 Å². The molecule has 0 saturated heterocycles. The third-order valence-corrected chi connectivity index (χ3v) is 3.05. The van der Waals surface area contributed by atoms with E-state index in [1.807, 2.05) is 29.8 Å². The molecular formula is C11H14BrN3O. The van der Waals surface area contributed by atoms with Crippen molar-refractivity contribution in [3.63, 3.8) is 0 Å². The number of benzene rings is 1. The fraction of sp³-hybridized carbons (Fsp3) is 0.364. The summed E-state index contributed by atoms with van der Waals surface area (Å²) in [5.74, 6) is 0.843. The van der Waals surface area contributed by atoms with E-state index in [-0.39, 0.29) is 6.04 Å². The van der Waals surface area contributed by atoms with Gasteiger partial charge in [-0.05, 0) is 18.2 Å². The number of aromatic nitrogens is 2. The van der Waals surface area contributed by atoms with E-state index in [1.165, 1.54) is 0 Å². The lowest BCUT2D eigenvalue weighted by Gasteiger charge is -2.09. The highest BCUT2D eigenvalue weighted by atomic mass is 79.9. The summed E-state index contributed by atoms with van der Waals surface area (Å²) in [5.41, 5.74) is 8.01. The van der Waals surface area contributed by atoms with Crippen LogP contribution in [0.4, 0.5) is 0 Å². The normalized spacial score (nSPS) is 13.2. The molecule has 0 aliphatic rings. The zero-order chi connectivity index (χ0) is 11.7. The van der Waals surface area contributed by atoms with Gasteiger partial charge in [0.05, 0.1) is 23.7 Å². The highest BCUT2D eigenvalue weighted by molar-refractivity contribution is 9.10. The number of aryl methyl sites for hydroxylation is 1. The maximum atomic E-state index is 5.99. The van der Waals surface area contributed by atoms with Crippen LogP contribution in [-0.4, -0.2) is 23.3 Å². The van der Waals surface area contributed by atoms with E-state index >= 15 is 0 Å². The van der Waals surface area contributed by atoms with Crippen molar-refractivity contribution >= 4 is 27.0 Å². The molecule has 2 rings (SSSR count). The zero-order valence-corrected chi connectivity index (χ0v) is 10.9. The molecule has 2 N–H and O–H groups in total. The Morgan fingerprint density at radius 3 is 3.00 bits per heavy atom. The maximum Gasteiger partial charge on any atom is 0.128 e. The summed E-state index contributed by atoms with van der Waals surface area (Å²) in [7, 11) is 3.60. The second-order valence-corrected chi connectivity index (χ2v) is 4.64. The van der Waals surface area contributed by atoms with E-state index in [4.69, 9.17) is 10.5 Å². The van der Waals surface area contributed by atoms with Crippen LogP contribution in [0.25, 0.3) is 11.0 Å². The second kappa shape index (κ2) is 4.53. The summed E-state index contributed by atoms with van der Waals surface area (Å²) < 4.78 is 8.07. The lowest BCUT2D eigenvalue weighted by atomic mass is 10.3. The Kier molecular flexibility index (Phi) is 3.28. The number of ether oxygens (including phenoxy) is 1. The number of rotatable bonds is 3. The Morgan fingerprint density at radius 1 is 1.56 bits per heavy atom. The summed E-state index contributed by atoms with van der Waals surface area (Å²) in [5, 5.41) is 0. The number of imidazole rings is 1. The van der Waals surface area contributed by atoms with Crippen molar-refractivity contribution in [2.24, 2.45) is 12.8 Å². The van der Waals surface area contributed by atoms with E-state index in [9.17, 15) is 0 Å². The van der Waals surface area contributed by atoms with Crippen molar-refractivity contribution in [2.45, 2.75) is 6.04 Å². The van der Waals surface area contributed by atoms with Crippen LogP contribution < -0.4 is 5.73 Å². The van der Waals surface area contributed by atoms with Crippen molar-refractivity contribution in [1.29, 1.82) is 0 Å². The first-order valence-corrected chi connectivity index (χ1v) is 5.79. The van der Waals surface area contributed by atoms with Gasteiger partial charge in [0.2, 0.25) is 0 Å². The minimum Gasteiger partial charge on any atom is -0.383 e. The van der Waals surface area contributed by atoms with Gasteiger partial charge in [-0.25, -0.2) is 4.98 Å². The Balaban J connectivity index is 2.51. The van der Waals surface area contributed by atoms with Crippen molar-refractivity contribution in [1.82, 2.24) is 9.55 Å². The molecule has 0 fully saturated rings. The van der Waals surface area contributed by atoms with Gasteiger partial charge in [0.1, 0.15) is 5.82 Å². The molecule has 0 spiro atoms. The number of hydrogen-bond acceptors (Lipinski definition) is 3. The molecule has 5 heteroatoms. The van der Waals surface area contributed by atoms with E-state index < -0.39 is 0 Å². The third kappa shape index (κ3) is 1.98. The number of nitrogens with two attached hydrogens (primary N) is 1. The molecule has 1 heterocycles. The largest absolute Gasteiger partial charge is 0.383 e. The van der Waals surface area contributed by atoms with Crippen LogP contribution in [0.3, 0.4) is 0 Å². The Morgan fingerprint density at radius 2 is 2.31 bits per heavy atom. The molecule has 0 aliphatic heterocycles. The predicted molar refractivity (Wildman–Crippen MR) is 67.2 cm³/mol. The van der Waals surface area contributed by atoms with Gasteiger partial charge in [-0.2, -0.15) is 0 Å². The van der Waals surface area contributed by atoms with E-state index in [2.05, 4.69) is 20.9 Å². The van der Waals surface area contributed by atoms with E-state index in [0.29, 0.717) is 6.61 Å². The minimum absolute atomic E-state index is 0.193. The maximum absolute atomic E-state index is 5.99. The number of halogens is 1. The van der Waals surface area contributed by atoms with E-state index in [1.54, 1.807) is 7.11 Å². The van der Waals surface area contributed by atoms with Crippen molar-refractivity contribution < 1.29 is 4.74 Å². The van der Waals surface area contributed by atoms with Crippen LogP contribution in [0.5, 0.6) is 0 Å². The Labute approximate surface area is 103 Å². The lowest BCUT2D eigenvalue weighted by molar-refractivity contribution is 0.177. The molecule has 1 unspecified atom stereocenters. The molecule has 0 radical (unpaired) electrons. The van der Waals surface area contributed by atoms with Crippen molar-refractivity contribution in [2.75, 3.05) is 13.7 Å². The second-order valence-electron chi connectivity index (χ2n) is 3.72. The van der Waals surface area contributed by atoms with E-state index in [0.717, 1.165) is 21.3 Å². The highest BCUT2D eigenvalue weighted by Gasteiger charge is 2.14. The summed E-state index contributed by atoms with van der Waals surface area (Å²) in [6.07, 6.45) is 0. The molecule has 0 aliphatic carbocycles. The number of methoxy groups -OCH3 is 1. The topological polar surface area (TPSA) is 53.1 Å². The first-order valence-electron chi connectivity index (χ1n) is 5.00. The molecule has 1 atom stereocenters. The molecule has 2 aromatic rings. The molecule has 0 bridgehead atoms. The highest BCUT2D eigenvalue weighted by Crippen LogP contribution is 2.22. The lowest BCUT2D eigenvalue weighted by Crippen LogP contribution is -2.20. The zero-order valence-electron chi connectivity index (χ0n) is 9.27. The van der Waals surface area contributed by atoms with Crippen molar-refractivity contribution in [3.05, 3.63) is 28.5 Å². The van der Waals surface area contributed by atoms with Crippen LogP contribution in [0, 0.1) is 0 Å². The first kappa shape index (κ1) is 11.6. The Hall–Kier alpha value is -0.910. The Bertz CT molecular complexity index is 509. The molecule has 0 saturated carbocycles. The molecule has 0 amide bonds. The van der Waals surface area contributed by atoms with Crippen LogP contribution in [0.15, 0.2) is 22.7 Å². The van der Waals surface area contributed by atoms with Gasteiger partial charge in [0, 0.05) is 18.6 Å². The fourth-order valence-electron chi connectivity index (χ4n) is 1.78. The smallest absolute Gasteiger partial charge is 0.128 e. The van der Waals surface area contributed by atoms with Crippen molar-refractivity contribution in [3.8, 4) is 0 Å². The van der Waals surface area contributed by atoms with Gasteiger partial charge < -0.3 is 15.0 Å². The van der Waals surface area contributed by atoms with Crippen LogP contribution >= 0.6 is 15.9 Å². The van der Waals surface area contributed by atoms with Gasteiger partial charge in [0.15, 0.2) is 0 Å². The third-order valence-electron chi connectivity index (χ3n) is 2.56. The fourth-order valence-corrected chi connectivity index (χ4v) is 2.13. The number of nitrogens with zero attached hydrogens (tertiary/aromatic N) is 2. The van der Waals surface area contributed by atoms with Gasteiger partial charge in [-0.1, -0.05) is 15.9 Å². The molecule has 4 nitrogen and oxygen atoms in total. The van der Waals surface area contributed by atoms with Gasteiger partial charge in [-0.3, -0.25) is 0 Å². The summed E-state index contributed by atoms with van der Waals surface area (Å²) >= 11 is 3.43. The van der Waals surface area contributed by atoms with Gasteiger partial charge >= 0.3 is 0 Å². The molecule has 16 heavy (non-hydrogen) atoms. The molecule has 86 valence electrons. The average Bonchev–Trinajstić information content (AvgIpc) is 2.56. The molecule has 1 aromatic carbocycles. The van der Waals surface area contributed by atoms with Gasteiger partial charge in [-0.15, -0.1) is 0 Å². The minimum atomic E-state index is -0.193. The summed E-state index contributed by atoms with van der Waals surface area (Å²) in [6.45, 7) is 0.471. The number of hydrogen-bond donors (Lipinski definition) is 1. The number of fused-ring (bicyclic) bond motifs is 1. The summed E-state index contributed by atoms with van der Waals surface area (Å²) in [4.78, 5) is 4.52. The van der Waals surface area contributed by atoms with Crippen LogP contribution in [0.2, 0.25) is 0 Å².